The maximum absolute atomic E-state index is 13.5. The third-order valence-electron chi connectivity index (χ3n) is 1.80. The van der Waals surface area contributed by atoms with E-state index in [1.807, 2.05) is 0 Å². The molecule has 1 aromatic rings. The summed E-state index contributed by atoms with van der Waals surface area (Å²) in [7, 11) is 0.130. The van der Waals surface area contributed by atoms with Gasteiger partial charge in [0.15, 0.2) is 11.6 Å². The maximum atomic E-state index is 13.5. The van der Waals surface area contributed by atoms with Crippen LogP contribution in [0.25, 0.3) is 0 Å². The molecule has 0 amide bonds. The van der Waals surface area contributed by atoms with Gasteiger partial charge in [0.1, 0.15) is 0 Å². The van der Waals surface area contributed by atoms with Crippen LogP contribution in [0.5, 0.6) is 5.75 Å². The van der Waals surface area contributed by atoms with Gasteiger partial charge in [0.25, 0.3) is 0 Å². The molecule has 5 heteroatoms. The molecule has 0 radical (unpaired) electrons. The summed E-state index contributed by atoms with van der Waals surface area (Å²) >= 11 is 0. The summed E-state index contributed by atoms with van der Waals surface area (Å²) in [6.45, 7) is 2.04. The van der Waals surface area contributed by atoms with Crippen molar-refractivity contribution in [2.24, 2.45) is 0 Å². The van der Waals surface area contributed by atoms with Crippen LogP contribution in [0.15, 0.2) is 18.2 Å². The zero-order valence-corrected chi connectivity index (χ0v) is 8.16. The predicted octanol–water partition coefficient (Wildman–Crippen LogP) is 0.558. The molecule has 0 bridgehead atoms. The Balaban J connectivity index is 2.96. The molecule has 1 rings (SSSR count). The lowest BCUT2D eigenvalue weighted by atomic mass is 9.79. The minimum atomic E-state index is -1.24. The van der Waals surface area contributed by atoms with Gasteiger partial charge >= 0.3 is 7.12 Å². The van der Waals surface area contributed by atoms with Crippen LogP contribution in [-0.4, -0.2) is 25.9 Å². The number of ether oxygens (including phenoxy) is 1. The average Bonchev–Trinajstić information content (AvgIpc) is 2.18. The molecule has 14 heavy (non-hydrogen) atoms. The largest absolute Gasteiger partial charge is 0.494 e. The molecular weight excluding hydrogens is 186 g/mol. The first-order chi connectivity index (χ1) is 6.70. The van der Waals surface area contributed by atoms with Gasteiger partial charge < -0.3 is 14.4 Å². The van der Waals surface area contributed by atoms with Crippen LogP contribution in [0.3, 0.4) is 0 Å². The lowest BCUT2D eigenvalue weighted by Crippen LogP contribution is -2.36. The zero-order chi connectivity index (χ0) is 10.6. The summed E-state index contributed by atoms with van der Waals surface area (Å²) < 4.78 is 23.1. The van der Waals surface area contributed by atoms with Gasteiger partial charge in [0.05, 0.1) is 7.11 Å². The Bertz CT molecular complexity index is 306. The first-order valence-electron chi connectivity index (χ1n) is 4.32. The van der Waals surface area contributed by atoms with E-state index < -0.39 is 12.9 Å². The highest BCUT2D eigenvalue weighted by Gasteiger charge is 2.22. The number of benzene rings is 1. The fourth-order valence-corrected chi connectivity index (χ4v) is 1.12. The lowest BCUT2D eigenvalue weighted by molar-refractivity contribution is 0.285. The normalized spacial score (nSPS) is 10.0. The van der Waals surface area contributed by atoms with Gasteiger partial charge in [-0.1, -0.05) is 12.1 Å². The van der Waals surface area contributed by atoms with E-state index >= 15 is 0 Å². The quantitative estimate of drug-likeness (QED) is 0.718. The summed E-state index contributed by atoms with van der Waals surface area (Å²) in [4.78, 5) is 0. The summed E-state index contributed by atoms with van der Waals surface area (Å²) in [6, 6.07) is 4.54. The second-order valence-electron chi connectivity index (χ2n) is 2.67. The first kappa shape index (κ1) is 11.0. The molecule has 0 fully saturated rings. The van der Waals surface area contributed by atoms with Gasteiger partial charge in [0.2, 0.25) is 0 Å². The number of hydrogen-bond acceptors (Lipinski definition) is 3. The molecule has 0 unspecified atom stereocenters. The predicted molar refractivity (Wildman–Crippen MR) is 52.2 cm³/mol. The van der Waals surface area contributed by atoms with Crippen molar-refractivity contribution in [2.45, 2.75) is 6.92 Å². The van der Waals surface area contributed by atoms with E-state index in [1.165, 1.54) is 19.2 Å². The fourth-order valence-electron chi connectivity index (χ4n) is 1.12. The molecular formula is C9H12BFO3. The molecule has 0 heterocycles. The van der Waals surface area contributed by atoms with Gasteiger partial charge in [0, 0.05) is 12.1 Å². The molecule has 0 aliphatic carbocycles. The second kappa shape index (κ2) is 4.98. The minimum Gasteiger partial charge on any atom is -0.494 e. The van der Waals surface area contributed by atoms with Crippen LogP contribution in [0.1, 0.15) is 6.92 Å². The molecule has 76 valence electrons. The van der Waals surface area contributed by atoms with Gasteiger partial charge in [-0.05, 0) is 13.0 Å². The highest BCUT2D eigenvalue weighted by atomic mass is 19.1. The molecule has 0 atom stereocenters. The standard InChI is InChI=1S/C9H12BFO3/c1-3-14-10(12)7-5-4-6-8(13-2)9(7)11/h4-6,12H,3H2,1-2H3. The van der Waals surface area contributed by atoms with E-state index in [2.05, 4.69) is 0 Å². The Morgan fingerprint density at radius 2 is 2.21 bits per heavy atom. The Labute approximate surface area is 82.6 Å². The number of methoxy groups -OCH3 is 1. The highest BCUT2D eigenvalue weighted by Crippen LogP contribution is 2.13. The molecule has 1 N–H and O–H groups in total. The van der Waals surface area contributed by atoms with Crippen LogP contribution in [-0.2, 0) is 4.65 Å². The maximum Gasteiger partial charge on any atom is 0.494 e. The van der Waals surface area contributed by atoms with Crippen molar-refractivity contribution >= 4 is 12.6 Å². The third-order valence-corrected chi connectivity index (χ3v) is 1.80. The summed E-state index contributed by atoms with van der Waals surface area (Å²) in [5, 5.41) is 9.40. The first-order valence-corrected chi connectivity index (χ1v) is 4.32. The van der Waals surface area contributed by atoms with Crippen molar-refractivity contribution in [3.8, 4) is 5.75 Å². The van der Waals surface area contributed by atoms with Crippen LogP contribution >= 0.6 is 0 Å². The average molecular weight is 198 g/mol. The van der Waals surface area contributed by atoms with E-state index in [-0.39, 0.29) is 11.2 Å². The van der Waals surface area contributed by atoms with Crippen molar-refractivity contribution in [3.63, 3.8) is 0 Å². The van der Waals surface area contributed by atoms with Crippen LogP contribution in [0.2, 0.25) is 0 Å². The smallest absolute Gasteiger partial charge is 0.494 e. The topological polar surface area (TPSA) is 38.7 Å². The minimum absolute atomic E-state index is 0.0891. The van der Waals surface area contributed by atoms with Crippen LogP contribution in [0, 0.1) is 5.82 Å². The number of hydrogen-bond donors (Lipinski definition) is 1. The molecule has 0 spiro atoms. The Kier molecular flexibility index (Phi) is 3.91. The number of halogens is 1. The summed E-state index contributed by atoms with van der Waals surface area (Å²) in [5.74, 6) is -0.489. The van der Waals surface area contributed by atoms with Crippen molar-refractivity contribution in [2.75, 3.05) is 13.7 Å². The van der Waals surface area contributed by atoms with E-state index in [0.717, 1.165) is 0 Å². The van der Waals surface area contributed by atoms with E-state index in [4.69, 9.17) is 9.39 Å². The molecule has 0 saturated heterocycles. The summed E-state index contributed by atoms with van der Waals surface area (Å²) in [6.07, 6.45) is 0. The molecule has 0 saturated carbocycles. The van der Waals surface area contributed by atoms with Crippen LogP contribution < -0.4 is 10.2 Å². The van der Waals surface area contributed by atoms with Gasteiger partial charge in [-0.3, -0.25) is 0 Å². The van der Waals surface area contributed by atoms with Gasteiger partial charge in [-0.15, -0.1) is 0 Å². The summed E-state index contributed by atoms with van der Waals surface area (Å²) in [5.41, 5.74) is 0.0891. The molecule has 0 aliphatic rings. The van der Waals surface area contributed by atoms with Crippen molar-refractivity contribution in [1.29, 1.82) is 0 Å². The molecule has 3 nitrogen and oxygen atoms in total. The third kappa shape index (κ3) is 2.24. The SMILES string of the molecule is CCOB(O)c1cccc(OC)c1F. The Morgan fingerprint density at radius 1 is 1.50 bits per heavy atom. The van der Waals surface area contributed by atoms with Gasteiger partial charge in [-0.25, -0.2) is 4.39 Å². The molecule has 0 aliphatic heterocycles. The highest BCUT2D eigenvalue weighted by molar-refractivity contribution is 6.60. The van der Waals surface area contributed by atoms with Crippen molar-refractivity contribution in [3.05, 3.63) is 24.0 Å². The van der Waals surface area contributed by atoms with Crippen LogP contribution in [0.4, 0.5) is 4.39 Å². The number of rotatable bonds is 4. The second-order valence-corrected chi connectivity index (χ2v) is 2.67. The van der Waals surface area contributed by atoms with Crippen molar-refractivity contribution in [1.82, 2.24) is 0 Å². The van der Waals surface area contributed by atoms with E-state index in [0.29, 0.717) is 6.61 Å². The molecule has 0 aromatic heterocycles. The Morgan fingerprint density at radius 3 is 2.79 bits per heavy atom. The Hall–Kier alpha value is -1.07. The lowest BCUT2D eigenvalue weighted by Gasteiger charge is -2.09. The van der Waals surface area contributed by atoms with E-state index in [1.54, 1.807) is 13.0 Å². The monoisotopic (exact) mass is 198 g/mol. The van der Waals surface area contributed by atoms with Crippen molar-refractivity contribution < 1.29 is 18.8 Å². The van der Waals surface area contributed by atoms with E-state index in [9.17, 15) is 9.41 Å². The fraction of sp³-hybridized carbons (Fsp3) is 0.333. The zero-order valence-electron chi connectivity index (χ0n) is 8.16. The van der Waals surface area contributed by atoms with Gasteiger partial charge in [-0.2, -0.15) is 0 Å². The molecule has 1 aromatic carbocycles.